The van der Waals surface area contributed by atoms with Gasteiger partial charge in [-0.25, -0.2) is 8.78 Å². The van der Waals surface area contributed by atoms with E-state index >= 15 is 0 Å². The maximum absolute atomic E-state index is 13.9. The van der Waals surface area contributed by atoms with Crippen molar-refractivity contribution in [3.05, 3.63) is 35.4 Å². The number of carbonyl (C=O) groups is 2. The Morgan fingerprint density at radius 1 is 1.33 bits per heavy atom. The molecule has 0 aliphatic heterocycles. The number of carbonyl (C=O) groups excluding carboxylic acids is 2. The van der Waals surface area contributed by atoms with Gasteiger partial charge >= 0.3 is 0 Å². The zero-order valence-corrected chi connectivity index (χ0v) is 13.5. The summed E-state index contributed by atoms with van der Waals surface area (Å²) >= 11 is 0. The van der Waals surface area contributed by atoms with E-state index in [0.717, 1.165) is 31.4 Å². The van der Waals surface area contributed by atoms with Crippen LogP contribution in [-0.2, 0) is 9.59 Å². The van der Waals surface area contributed by atoms with Gasteiger partial charge in [-0.1, -0.05) is 12.5 Å². The summed E-state index contributed by atoms with van der Waals surface area (Å²) in [6.07, 6.45) is 1.94. The third-order valence-electron chi connectivity index (χ3n) is 4.29. The van der Waals surface area contributed by atoms with Crippen LogP contribution in [0.4, 0.5) is 8.78 Å². The quantitative estimate of drug-likeness (QED) is 0.739. The lowest BCUT2D eigenvalue weighted by Gasteiger charge is -2.20. The Morgan fingerprint density at radius 3 is 2.67 bits per heavy atom. The molecule has 1 aliphatic carbocycles. The Hall–Kier alpha value is -2.02. The Balaban J connectivity index is 1.99. The molecule has 3 N–H and O–H groups in total. The lowest BCUT2D eigenvalue weighted by atomic mass is 10.0. The van der Waals surface area contributed by atoms with E-state index in [1.807, 2.05) is 0 Å². The highest BCUT2D eigenvalue weighted by atomic mass is 19.1. The summed E-state index contributed by atoms with van der Waals surface area (Å²) in [6.45, 7) is 1.61. The van der Waals surface area contributed by atoms with Crippen LogP contribution >= 0.6 is 0 Å². The third-order valence-corrected chi connectivity index (χ3v) is 4.29. The highest BCUT2D eigenvalue weighted by molar-refractivity contribution is 5.79. The van der Waals surface area contributed by atoms with Gasteiger partial charge in [-0.15, -0.1) is 0 Å². The number of benzene rings is 1. The normalized spacial score (nSPS) is 21.3. The molecular formula is C17H22F2N2O3. The van der Waals surface area contributed by atoms with E-state index in [-0.39, 0.29) is 23.8 Å². The van der Waals surface area contributed by atoms with Crippen molar-refractivity contribution in [1.82, 2.24) is 10.6 Å². The first kappa shape index (κ1) is 18.3. The molecule has 3 atom stereocenters. The Bertz CT molecular complexity index is 609. The van der Waals surface area contributed by atoms with E-state index in [4.69, 9.17) is 0 Å². The number of amides is 2. The first-order valence-electron chi connectivity index (χ1n) is 8.03. The summed E-state index contributed by atoms with van der Waals surface area (Å²) in [5.41, 5.74) is 0.0580. The fourth-order valence-corrected chi connectivity index (χ4v) is 3.03. The molecule has 1 saturated carbocycles. The minimum atomic E-state index is -0.878. The maximum atomic E-state index is 13.9. The van der Waals surface area contributed by atoms with E-state index in [2.05, 4.69) is 10.6 Å². The van der Waals surface area contributed by atoms with Crippen LogP contribution in [0.2, 0.25) is 0 Å². The second-order valence-electron chi connectivity index (χ2n) is 6.19. The Morgan fingerprint density at radius 2 is 2.08 bits per heavy atom. The van der Waals surface area contributed by atoms with Crippen LogP contribution in [0, 0.1) is 17.6 Å². The summed E-state index contributed by atoms with van der Waals surface area (Å²) in [7, 11) is 0. The van der Waals surface area contributed by atoms with Crippen molar-refractivity contribution in [2.24, 2.45) is 5.92 Å². The molecule has 1 aromatic rings. The average Bonchev–Trinajstić information content (AvgIpc) is 2.89. The zero-order chi connectivity index (χ0) is 17.7. The van der Waals surface area contributed by atoms with Gasteiger partial charge in [-0.2, -0.15) is 0 Å². The van der Waals surface area contributed by atoms with Crippen molar-refractivity contribution in [1.29, 1.82) is 0 Å². The van der Waals surface area contributed by atoms with E-state index in [1.54, 1.807) is 0 Å². The maximum Gasteiger partial charge on any atom is 0.222 e. The van der Waals surface area contributed by atoms with Crippen LogP contribution in [0.25, 0.3) is 0 Å². The number of hydrogen-bond acceptors (Lipinski definition) is 3. The van der Waals surface area contributed by atoms with E-state index in [9.17, 15) is 23.5 Å². The van der Waals surface area contributed by atoms with Crippen molar-refractivity contribution < 1.29 is 23.5 Å². The predicted octanol–water partition coefficient (Wildman–Crippen LogP) is 1.81. The summed E-state index contributed by atoms with van der Waals surface area (Å²) in [6, 6.07) is 2.15. The van der Waals surface area contributed by atoms with Gasteiger partial charge in [-0.3, -0.25) is 9.59 Å². The number of rotatable bonds is 6. The van der Waals surface area contributed by atoms with Gasteiger partial charge in [0.05, 0.1) is 18.6 Å². The van der Waals surface area contributed by atoms with Gasteiger partial charge in [0.1, 0.15) is 11.6 Å². The van der Waals surface area contributed by atoms with Crippen LogP contribution in [0.5, 0.6) is 0 Å². The zero-order valence-electron chi connectivity index (χ0n) is 13.5. The number of halogens is 2. The molecule has 0 heterocycles. The first-order chi connectivity index (χ1) is 11.4. The molecule has 0 radical (unpaired) electrons. The minimum absolute atomic E-state index is 0.0238. The molecule has 3 unspecified atom stereocenters. The lowest BCUT2D eigenvalue weighted by Crippen LogP contribution is -2.36. The third kappa shape index (κ3) is 4.99. The average molecular weight is 340 g/mol. The van der Waals surface area contributed by atoms with E-state index in [1.165, 1.54) is 13.0 Å². The molecule has 24 heavy (non-hydrogen) atoms. The number of hydrogen-bond donors (Lipinski definition) is 3. The summed E-state index contributed by atoms with van der Waals surface area (Å²) in [4.78, 5) is 23.4. The topological polar surface area (TPSA) is 78.4 Å². The monoisotopic (exact) mass is 340 g/mol. The van der Waals surface area contributed by atoms with Crippen LogP contribution in [0.3, 0.4) is 0 Å². The Kier molecular flexibility index (Phi) is 6.25. The summed E-state index contributed by atoms with van der Waals surface area (Å²) < 4.78 is 27.0. The molecule has 1 fully saturated rings. The molecule has 0 saturated heterocycles. The van der Waals surface area contributed by atoms with Crippen LogP contribution in [-0.4, -0.2) is 29.6 Å². The highest BCUT2D eigenvalue weighted by Gasteiger charge is 2.26. The number of nitrogens with one attached hydrogen (secondary N) is 2. The molecule has 7 heteroatoms. The number of aliphatic hydroxyl groups excluding tert-OH is 1. The highest BCUT2D eigenvalue weighted by Crippen LogP contribution is 2.25. The lowest BCUT2D eigenvalue weighted by molar-refractivity contribution is -0.123. The van der Waals surface area contributed by atoms with Crippen molar-refractivity contribution >= 4 is 11.8 Å². The summed E-state index contributed by atoms with van der Waals surface area (Å²) in [5, 5.41) is 15.0. The van der Waals surface area contributed by atoms with E-state index < -0.39 is 29.7 Å². The molecule has 1 aromatic carbocycles. The number of aliphatic hydroxyl groups is 1. The molecule has 0 aromatic heterocycles. The largest absolute Gasteiger partial charge is 0.393 e. The fourth-order valence-electron chi connectivity index (χ4n) is 3.03. The molecule has 0 bridgehead atoms. The van der Waals surface area contributed by atoms with Crippen molar-refractivity contribution in [2.75, 3.05) is 6.54 Å². The molecule has 5 nitrogen and oxygen atoms in total. The van der Waals surface area contributed by atoms with Crippen LogP contribution in [0.15, 0.2) is 18.2 Å². The van der Waals surface area contributed by atoms with Crippen molar-refractivity contribution in [3.8, 4) is 0 Å². The molecule has 2 rings (SSSR count). The Labute approximate surface area is 139 Å². The SMILES string of the molecule is CC(=O)NC(CC(=O)NCC1CCCC1O)c1ccc(F)cc1F. The van der Waals surface area contributed by atoms with Gasteiger partial charge in [0.15, 0.2) is 0 Å². The standard InChI is InChI=1S/C17H22F2N2O3/c1-10(22)21-15(13-6-5-12(18)7-14(13)19)8-17(24)20-9-11-3-2-4-16(11)23/h5-7,11,15-16,23H,2-4,8-9H2,1H3,(H,20,24)(H,21,22). The fraction of sp³-hybridized carbons (Fsp3) is 0.529. The molecule has 1 aliphatic rings. The minimum Gasteiger partial charge on any atom is -0.393 e. The predicted molar refractivity (Wildman–Crippen MR) is 83.9 cm³/mol. The van der Waals surface area contributed by atoms with Crippen LogP contribution < -0.4 is 10.6 Å². The van der Waals surface area contributed by atoms with Gasteiger partial charge in [-0.05, 0) is 18.9 Å². The van der Waals surface area contributed by atoms with Gasteiger partial charge in [0.2, 0.25) is 11.8 Å². The van der Waals surface area contributed by atoms with Crippen LogP contribution in [0.1, 0.15) is 44.2 Å². The molecule has 2 amide bonds. The second-order valence-corrected chi connectivity index (χ2v) is 6.19. The molecular weight excluding hydrogens is 318 g/mol. The summed E-state index contributed by atoms with van der Waals surface area (Å²) in [5.74, 6) is -2.29. The second kappa shape index (κ2) is 8.19. The van der Waals surface area contributed by atoms with Gasteiger partial charge in [0, 0.05) is 31.0 Å². The van der Waals surface area contributed by atoms with Gasteiger partial charge in [0.25, 0.3) is 0 Å². The smallest absolute Gasteiger partial charge is 0.222 e. The van der Waals surface area contributed by atoms with Crippen molar-refractivity contribution in [3.63, 3.8) is 0 Å². The van der Waals surface area contributed by atoms with Gasteiger partial charge < -0.3 is 15.7 Å². The van der Waals surface area contributed by atoms with E-state index in [0.29, 0.717) is 6.54 Å². The molecule has 132 valence electrons. The molecule has 0 spiro atoms. The first-order valence-corrected chi connectivity index (χ1v) is 8.03. The van der Waals surface area contributed by atoms with Crippen molar-refractivity contribution in [2.45, 2.75) is 44.8 Å².